The van der Waals surface area contributed by atoms with Crippen LogP contribution in [0.5, 0.6) is 0 Å². The second kappa shape index (κ2) is 9.18. The molecule has 0 bridgehead atoms. The van der Waals surface area contributed by atoms with E-state index >= 15 is 0 Å². The summed E-state index contributed by atoms with van der Waals surface area (Å²) in [6.45, 7) is 7.51. The number of carbonyl (C=O) groups excluding carboxylic acids is 1. The predicted octanol–water partition coefficient (Wildman–Crippen LogP) is 2.76. The molecule has 2 N–H and O–H groups in total. The van der Waals surface area contributed by atoms with E-state index < -0.39 is 5.60 Å². The lowest BCUT2D eigenvalue weighted by atomic mass is 9.97. The minimum absolute atomic E-state index is 0.0182. The topological polar surface area (TPSA) is 61.8 Å². The summed E-state index contributed by atoms with van der Waals surface area (Å²) in [5.41, 5.74) is 1.13. The number of nitrogens with zero attached hydrogens (tertiary/aromatic N) is 1. The van der Waals surface area contributed by atoms with Gasteiger partial charge >= 0.3 is 0 Å². The van der Waals surface area contributed by atoms with Gasteiger partial charge in [-0.1, -0.05) is 12.1 Å². The Labute approximate surface area is 163 Å². The van der Waals surface area contributed by atoms with Crippen molar-refractivity contribution in [3.05, 3.63) is 35.4 Å². The molecule has 0 aromatic heterocycles. The van der Waals surface area contributed by atoms with Crippen LogP contribution in [0.1, 0.15) is 61.9 Å². The Hall–Kier alpha value is -1.43. The molecule has 2 heterocycles. The minimum Gasteiger partial charge on any atom is -0.390 e. The van der Waals surface area contributed by atoms with Crippen molar-refractivity contribution >= 4 is 5.91 Å². The van der Waals surface area contributed by atoms with Crippen LogP contribution in [0.2, 0.25) is 0 Å². The van der Waals surface area contributed by atoms with Gasteiger partial charge in [0, 0.05) is 44.0 Å². The van der Waals surface area contributed by atoms with Gasteiger partial charge in [0.1, 0.15) is 0 Å². The summed E-state index contributed by atoms with van der Waals surface area (Å²) in [5.74, 6) is 0.0182. The summed E-state index contributed by atoms with van der Waals surface area (Å²) in [6, 6.07) is 8.70. The van der Waals surface area contributed by atoms with Gasteiger partial charge in [0.15, 0.2) is 0 Å². The Bertz CT molecular complexity index is 612. The van der Waals surface area contributed by atoms with Crippen molar-refractivity contribution in [2.24, 2.45) is 0 Å². The molecule has 5 nitrogen and oxygen atoms in total. The van der Waals surface area contributed by atoms with E-state index in [0.29, 0.717) is 12.5 Å². The quantitative estimate of drug-likeness (QED) is 0.804. The van der Waals surface area contributed by atoms with Gasteiger partial charge in [0.2, 0.25) is 0 Å². The molecular weight excluding hydrogens is 340 g/mol. The molecule has 0 atom stereocenters. The van der Waals surface area contributed by atoms with Crippen molar-refractivity contribution < 1.29 is 14.6 Å². The number of piperidine rings is 1. The lowest BCUT2D eigenvalue weighted by molar-refractivity contribution is 0.0238. The third-order valence-electron chi connectivity index (χ3n) is 5.79. The smallest absolute Gasteiger partial charge is 0.251 e. The number of rotatable bonds is 6. The number of carbonyl (C=O) groups is 1. The van der Waals surface area contributed by atoms with Crippen LogP contribution in [-0.4, -0.2) is 59.9 Å². The number of likely N-dealkylation sites (tertiary alicyclic amines) is 1. The fraction of sp³-hybridized carbons (Fsp3) is 0.682. The molecule has 0 unspecified atom stereocenters. The Kier molecular flexibility index (Phi) is 6.90. The fourth-order valence-electron chi connectivity index (χ4n) is 4.05. The number of hydrogen-bond acceptors (Lipinski definition) is 4. The summed E-state index contributed by atoms with van der Waals surface area (Å²) < 4.78 is 5.46. The number of aliphatic hydroxyl groups is 1. The molecule has 0 aliphatic carbocycles. The van der Waals surface area contributed by atoms with Gasteiger partial charge in [-0.15, -0.1) is 0 Å². The highest BCUT2D eigenvalue weighted by Gasteiger charge is 2.27. The van der Waals surface area contributed by atoms with Gasteiger partial charge in [-0.25, -0.2) is 0 Å². The normalized spacial score (nSPS) is 20.6. The summed E-state index contributed by atoms with van der Waals surface area (Å²) in [5, 5.41) is 13.1. The fourth-order valence-corrected chi connectivity index (χ4v) is 4.05. The third-order valence-corrected chi connectivity index (χ3v) is 5.79. The van der Waals surface area contributed by atoms with Gasteiger partial charge in [0.25, 0.3) is 5.91 Å². The molecule has 1 aromatic rings. The SMILES string of the molecule is CC(C)(O)CCc1cccc(C(=O)NC2CCN(C3CCOCC3)CC2)c1. The van der Waals surface area contributed by atoms with Gasteiger partial charge in [-0.2, -0.15) is 0 Å². The second-order valence-corrected chi connectivity index (χ2v) is 8.64. The van der Waals surface area contributed by atoms with Crippen LogP contribution in [0, 0.1) is 0 Å². The molecule has 2 saturated heterocycles. The van der Waals surface area contributed by atoms with E-state index in [-0.39, 0.29) is 11.9 Å². The van der Waals surface area contributed by atoms with Crippen molar-refractivity contribution in [2.75, 3.05) is 26.3 Å². The largest absolute Gasteiger partial charge is 0.390 e. The van der Waals surface area contributed by atoms with Gasteiger partial charge in [0.05, 0.1) is 5.60 Å². The molecule has 0 saturated carbocycles. The highest BCUT2D eigenvalue weighted by molar-refractivity contribution is 5.94. The van der Waals surface area contributed by atoms with Crippen LogP contribution in [0.3, 0.4) is 0 Å². The summed E-state index contributed by atoms with van der Waals surface area (Å²) in [4.78, 5) is 15.2. The Balaban J connectivity index is 1.48. The zero-order valence-corrected chi connectivity index (χ0v) is 16.7. The van der Waals surface area contributed by atoms with E-state index in [9.17, 15) is 9.90 Å². The van der Waals surface area contributed by atoms with Crippen molar-refractivity contribution in [1.29, 1.82) is 0 Å². The monoisotopic (exact) mass is 374 g/mol. The molecule has 0 radical (unpaired) electrons. The molecular formula is C22H34N2O3. The number of hydrogen-bond donors (Lipinski definition) is 2. The van der Waals surface area contributed by atoms with Crippen LogP contribution in [0.25, 0.3) is 0 Å². The first-order valence-electron chi connectivity index (χ1n) is 10.3. The maximum atomic E-state index is 12.7. The Morgan fingerprint density at radius 2 is 1.93 bits per heavy atom. The zero-order valence-electron chi connectivity index (χ0n) is 16.7. The van der Waals surface area contributed by atoms with Gasteiger partial charge in [-0.3, -0.25) is 4.79 Å². The molecule has 1 aromatic carbocycles. The molecule has 2 aliphatic rings. The highest BCUT2D eigenvalue weighted by Crippen LogP contribution is 2.20. The Morgan fingerprint density at radius 1 is 1.22 bits per heavy atom. The van der Waals surface area contributed by atoms with E-state index in [4.69, 9.17) is 4.74 Å². The maximum absolute atomic E-state index is 12.7. The first-order valence-corrected chi connectivity index (χ1v) is 10.3. The number of nitrogens with one attached hydrogen (secondary N) is 1. The van der Waals surface area contributed by atoms with Crippen LogP contribution in [-0.2, 0) is 11.2 Å². The summed E-state index contributed by atoms with van der Waals surface area (Å²) in [7, 11) is 0. The molecule has 0 spiro atoms. The van der Waals surface area contributed by atoms with Gasteiger partial charge in [-0.05, 0) is 70.1 Å². The third kappa shape index (κ3) is 6.30. The average molecular weight is 375 g/mol. The van der Waals surface area contributed by atoms with E-state index in [1.165, 1.54) is 0 Å². The van der Waals surface area contributed by atoms with Crippen LogP contribution in [0.4, 0.5) is 0 Å². The summed E-state index contributed by atoms with van der Waals surface area (Å²) in [6.07, 6.45) is 5.75. The van der Waals surface area contributed by atoms with E-state index in [1.807, 2.05) is 38.1 Å². The Morgan fingerprint density at radius 3 is 2.59 bits per heavy atom. The van der Waals surface area contributed by atoms with E-state index in [1.54, 1.807) is 0 Å². The highest BCUT2D eigenvalue weighted by atomic mass is 16.5. The van der Waals surface area contributed by atoms with Crippen molar-refractivity contribution in [1.82, 2.24) is 10.2 Å². The molecule has 3 rings (SSSR count). The zero-order chi connectivity index (χ0) is 19.3. The molecule has 150 valence electrons. The van der Waals surface area contributed by atoms with Crippen molar-refractivity contribution in [2.45, 2.75) is 70.1 Å². The number of ether oxygens (including phenoxy) is 1. The van der Waals surface area contributed by atoms with Crippen molar-refractivity contribution in [3.63, 3.8) is 0 Å². The molecule has 2 fully saturated rings. The first kappa shape index (κ1) is 20.3. The van der Waals surface area contributed by atoms with Crippen LogP contribution < -0.4 is 5.32 Å². The second-order valence-electron chi connectivity index (χ2n) is 8.64. The predicted molar refractivity (Wildman–Crippen MR) is 107 cm³/mol. The maximum Gasteiger partial charge on any atom is 0.251 e. The van der Waals surface area contributed by atoms with Crippen LogP contribution in [0.15, 0.2) is 24.3 Å². The molecule has 2 aliphatic heterocycles. The first-order chi connectivity index (χ1) is 12.9. The molecule has 5 heteroatoms. The molecule has 1 amide bonds. The van der Waals surface area contributed by atoms with Crippen molar-refractivity contribution in [3.8, 4) is 0 Å². The average Bonchev–Trinajstić information content (AvgIpc) is 2.67. The van der Waals surface area contributed by atoms with E-state index in [0.717, 1.165) is 69.5 Å². The number of benzene rings is 1. The minimum atomic E-state index is -0.684. The standard InChI is InChI=1S/C22H34N2O3/c1-22(2,26)11-6-17-4-3-5-18(16-17)21(25)23-19-7-12-24(13-8-19)20-9-14-27-15-10-20/h3-5,16,19-20,26H,6-15H2,1-2H3,(H,23,25). The van der Waals surface area contributed by atoms with Crippen LogP contribution >= 0.6 is 0 Å². The molecule has 27 heavy (non-hydrogen) atoms. The number of aryl methyl sites for hydroxylation is 1. The van der Waals surface area contributed by atoms with E-state index in [2.05, 4.69) is 10.2 Å². The summed E-state index contributed by atoms with van der Waals surface area (Å²) >= 11 is 0. The number of amides is 1. The lowest BCUT2D eigenvalue weighted by Crippen LogP contribution is -2.49. The van der Waals surface area contributed by atoms with Gasteiger partial charge < -0.3 is 20.1 Å². The lowest BCUT2D eigenvalue weighted by Gasteiger charge is -2.39.